The number of nitrogens with one attached hydrogen (secondary N) is 2. The zero-order chi connectivity index (χ0) is 55.1. The Labute approximate surface area is 475 Å². The fourth-order valence-electron chi connectivity index (χ4n) is 10.9. The van der Waals surface area contributed by atoms with Gasteiger partial charge in [-0.2, -0.15) is 0 Å². The fourth-order valence-corrected chi connectivity index (χ4v) is 14.1. The zero-order valence-corrected chi connectivity index (χ0v) is 45.7. The number of thiazole rings is 1. The van der Waals surface area contributed by atoms with Gasteiger partial charge in [0.25, 0.3) is 5.91 Å². The van der Waals surface area contributed by atoms with Gasteiger partial charge in [-0.15, -0.1) is 22.9 Å². The molecular weight excluding hydrogens is 1070 g/mol. The number of aromatic nitrogens is 1. The Morgan fingerprint density at radius 3 is 1.52 bits per heavy atom. The predicted molar refractivity (Wildman–Crippen MR) is 309 cm³/mol. The second-order valence-corrected chi connectivity index (χ2v) is 22.9. The summed E-state index contributed by atoms with van der Waals surface area (Å²) in [5.74, 6) is -3.32. The summed E-state index contributed by atoms with van der Waals surface area (Å²) in [6, 6.07) is 66.0. The predicted octanol–water partition coefficient (Wildman–Crippen LogP) is 10.9. The number of anilines is 1. The molecule has 3 heterocycles. The molecule has 13 nitrogen and oxygen atoms in total. The van der Waals surface area contributed by atoms with Crippen molar-refractivity contribution in [1.82, 2.24) is 15.2 Å². The first-order valence-electron chi connectivity index (χ1n) is 26.4. The number of carbonyl (C=O) groups excluding carboxylic acids is 4. The fraction of sp³-hybridized carbons (Fsp3) is 0.219. The van der Waals surface area contributed by atoms with E-state index >= 15 is 4.79 Å². The Morgan fingerprint density at radius 2 is 1.09 bits per heavy atom. The minimum atomic E-state index is -1.92. The van der Waals surface area contributed by atoms with Crippen LogP contribution in [0.3, 0.4) is 0 Å². The van der Waals surface area contributed by atoms with Gasteiger partial charge in [-0.1, -0.05) is 217 Å². The molecule has 4 atom stereocenters. The highest BCUT2D eigenvalue weighted by Gasteiger charge is 2.61. The van der Waals surface area contributed by atoms with E-state index in [1.807, 2.05) is 212 Å². The van der Waals surface area contributed by atoms with Crippen LogP contribution in [0.1, 0.15) is 82.5 Å². The molecule has 404 valence electrons. The summed E-state index contributed by atoms with van der Waals surface area (Å²) < 4.78 is 27.2. The lowest BCUT2D eigenvalue weighted by Crippen LogP contribution is -2.77. The van der Waals surface area contributed by atoms with Crippen LogP contribution in [0.25, 0.3) is 0 Å². The van der Waals surface area contributed by atoms with Gasteiger partial charge in [0, 0.05) is 47.2 Å². The van der Waals surface area contributed by atoms with Crippen LogP contribution in [0.4, 0.5) is 5.13 Å². The molecule has 16 heteroatoms. The molecule has 2 N–H and O–H groups in total. The lowest BCUT2D eigenvalue weighted by Gasteiger charge is -2.53. The van der Waals surface area contributed by atoms with Crippen LogP contribution in [0.15, 0.2) is 223 Å². The second-order valence-electron chi connectivity index (χ2n) is 20.2. The van der Waals surface area contributed by atoms with Crippen LogP contribution in [0.5, 0.6) is 0 Å². The molecule has 2 amide bonds. The van der Waals surface area contributed by atoms with Gasteiger partial charge >= 0.3 is 11.9 Å². The second kappa shape index (κ2) is 23.6. The molecule has 0 bridgehead atoms. The molecule has 7 aromatic carbocycles. The van der Waals surface area contributed by atoms with Crippen LogP contribution in [-0.4, -0.2) is 78.8 Å². The third-order valence-electron chi connectivity index (χ3n) is 15.1. The minimum absolute atomic E-state index is 0.0785. The number of halogens is 1. The highest BCUT2D eigenvalue weighted by atomic mass is 35.5. The summed E-state index contributed by atoms with van der Waals surface area (Å²) in [5.41, 5.74) is 1.35. The number of alkyl halides is 1. The minimum Gasteiger partial charge on any atom is -0.452 e. The number of fused-ring (bicyclic) bond motifs is 1. The third kappa shape index (κ3) is 10.7. The molecule has 1 aromatic heterocycles. The van der Waals surface area contributed by atoms with E-state index in [1.54, 1.807) is 5.38 Å². The number of oxime groups is 1. The maximum absolute atomic E-state index is 15.1. The molecule has 3 fully saturated rings. The number of rotatable bonds is 19. The average molecular weight is 1120 g/mol. The summed E-state index contributed by atoms with van der Waals surface area (Å²) in [6.07, 6.45) is 0.156. The Kier molecular flexibility index (Phi) is 15.9. The van der Waals surface area contributed by atoms with E-state index in [4.69, 9.17) is 30.9 Å². The molecule has 1 saturated carbocycles. The van der Waals surface area contributed by atoms with Crippen molar-refractivity contribution >= 4 is 68.3 Å². The first kappa shape index (κ1) is 53.7. The van der Waals surface area contributed by atoms with Gasteiger partial charge in [0.15, 0.2) is 23.1 Å². The molecule has 80 heavy (non-hydrogen) atoms. The number of hydrogen-bond donors (Lipinski definition) is 2. The molecule has 0 spiro atoms. The summed E-state index contributed by atoms with van der Waals surface area (Å²) in [7, 11) is -1.92. The van der Waals surface area contributed by atoms with Crippen molar-refractivity contribution in [1.29, 1.82) is 0 Å². The topological polar surface area (TPSA) is 166 Å². The van der Waals surface area contributed by atoms with Gasteiger partial charge in [0.2, 0.25) is 11.5 Å². The van der Waals surface area contributed by atoms with Crippen molar-refractivity contribution < 1.29 is 37.7 Å². The van der Waals surface area contributed by atoms with Crippen molar-refractivity contribution in [2.45, 2.75) is 60.4 Å². The lowest BCUT2D eigenvalue weighted by atomic mass is 9.77. The van der Waals surface area contributed by atoms with E-state index in [0.29, 0.717) is 18.0 Å². The first-order valence-corrected chi connectivity index (χ1v) is 29.2. The Hall–Kier alpha value is -8.24. The molecule has 2 saturated heterocycles. The largest absolute Gasteiger partial charge is 0.452 e. The first-order chi connectivity index (χ1) is 39.1. The molecule has 1 aliphatic carbocycles. The summed E-state index contributed by atoms with van der Waals surface area (Å²) >= 11 is 7.86. The van der Waals surface area contributed by atoms with E-state index in [2.05, 4.69) is 15.8 Å². The molecule has 0 radical (unpaired) electrons. The van der Waals surface area contributed by atoms with Crippen LogP contribution in [-0.2, 0) is 49.8 Å². The number of β-lactam (4-membered cyclic amide) rings is 1. The smallest absolute Gasteiger partial charge is 0.354 e. The van der Waals surface area contributed by atoms with Gasteiger partial charge in [-0.05, 0) is 51.8 Å². The van der Waals surface area contributed by atoms with Crippen LogP contribution >= 0.6 is 22.9 Å². The standard InChI is InChI=1S/C64H56ClN5O8S2/c65-41-62(59(73)76-54(44-24-8-1-9-25-44)45-26-10-2-11-27-45)42-70-57(72)53(58(70)80(75)43-62)67-56(71)52(69-78-63(38-22-23-39-63)60(74)77-55(46-28-12-3-13-29-46)47-30-14-4-15-31-47)51-40-79-61(66-51)68-64(48-32-16-5-17-33-48,49-34-18-6-19-35-49)50-36-20-7-21-37-50/h1-21,24-37,40,53-55,58H,22-23,38-39,41-43H2,(H,66,68)(H,67,71)/t53?,58-,62?,80?/m1/s1. The van der Waals surface area contributed by atoms with E-state index in [1.165, 1.54) is 16.2 Å². The SMILES string of the molecule is O=C(NC1C(=O)N2CC(CCl)(C(=O)OC(c3ccccc3)c3ccccc3)CS(=O)[C@H]12)C(=NOC1(C(=O)OC(c2ccccc2)c2ccccc2)CCCC1)c1csc(NC(c2ccccc2)(c2ccccc2)c2ccccc2)n1. The van der Waals surface area contributed by atoms with E-state index < -0.39 is 74.7 Å². The number of hydrogen-bond acceptors (Lipinski definition) is 12. The van der Waals surface area contributed by atoms with Gasteiger partial charge in [0.05, 0.1) is 0 Å². The molecular formula is C64H56ClN5O8S2. The molecule has 3 unspecified atom stereocenters. The molecule has 2 aliphatic heterocycles. The van der Waals surface area contributed by atoms with Gasteiger partial charge in [-0.25, -0.2) is 9.78 Å². The maximum Gasteiger partial charge on any atom is 0.354 e. The van der Waals surface area contributed by atoms with Gasteiger partial charge in [0.1, 0.15) is 28.1 Å². The summed E-state index contributed by atoms with van der Waals surface area (Å²) in [6.45, 7) is -0.192. The third-order valence-corrected chi connectivity index (χ3v) is 18.3. The number of ether oxygens (including phenoxy) is 2. The number of benzene rings is 7. The number of amides is 2. The van der Waals surface area contributed by atoms with Crippen molar-refractivity contribution in [2.24, 2.45) is 10.6 Å². The molecule has 11 rings (SSSR count). The zero-order valence-electron chi connectivity index (χ0n) is 43.3. The lowest BCUT2D eigenvalue weighted by molar-refractivity contribution is -0.176. The Balaban J connectivity index is 0.912. The molecule has 3 aliphatic rings. The Bertz CT molecular complexity index is 3330. The van der Waals surface area contributed by atoms with Gasteiger partial charge in [-0.3, -0.25) is 18.6 Å². The van der Waals surface area contributed by atoms with Crippen molar-refractivity contribution in [2.75, 3.05) is 23.5 Å². The number of carbonyl (C=O) groups is 4. The van der Waals surface area contributed by atoms with Crippen molar-refractivity contribution in [3.63, 3.8) is 0 Å². The van der Waals surface area contributed by atoms with Crippen LogP contribution in [0.2, 0.25) is 0 Å². The quantitative estimate of drug-likeness (QED) is 0.0199. The highest BCUT2D eigenvalue weighted by Crippen LogP contribution is 2.43. The van der Waals surface area contributed by atoms with Crippen LogP contribution < -0.4 is 10.6 Å². The number of esters is 2. The average Bonchev–Trinajstić information content (AvgIpc) is 4.24. The van der Waals surface area contributed by atoms with Crippen molar-refractivity contribution in [3.8, 4) is 0 Å². The van der Waals surface area contributed by atoms with E-state index in [-0.39, 0.29) is 42.4 Å². The monoisotopic (exact) mass is 1120 g/mol. The van der Waals surface area contributed by atoms with Crippen LogP contribution in [0, 0.1) is 5.41 Å². The summed E-state index contributed by atoms with van der Waals surface area (Å²) in [5, 5.41) is 12.2. The van der Waals surface area contributed by atoms with Crippen molar-refractivity contribution in [3.05, 3.63) is 262 Å². The molecule has 8 aromatic rings. The maximum atomic E-state index is 15.1. The Morgan fingerprint density at radius 1 is 0.662 bits per heavy atom. The van der Waals surface area contributed by atoms with E-state index in [9.17, 15) is 18.6 Å². The van der Waals surface area contributed by atoms with Gasteiger partial charge < -0.3 is 29.8 Å². The van der Waals surface area contributed by atoms with E-state index in [0.717, 1.165) is 38.9 Å². The summed E-state index contributed by atoms with van der Waals surface area (Å²) in [4.78, 5) is 71.3. The number of nitrogens with zero attached hydrogens (tertiary/aromatic N) is 3. The highest BCUT2D eigenvalue weighted by molar-refractivity contribution is 7.86. The normalized spacial score (nSPS) is 19.6.